The van der Waals surface area contributed by atoms with Crippen LogP contribution in [0, 0.1) is 0 Å². The summed E-state index contributed by atoms with van der Waals surface area (Å²) in [5, 5.41) is 28.4. The number of carboxylic acids is 2. The van der Waals surface area contributed by atoms with E-state index in [1.54, 1.807) is 6.07 Å². The lowest BCUT2D eigenvalue weighted by molar-refractivity contribution is -0.134. The van der Waals surface area contributed by atoms with Crippen LogP contribution >= 0.6 is 0 Å². The zero-order chi connectivity index (χ0) is 16.4. The van der Waals surface area contributed by atoms with E-state index < -0.39 is 11.9 Å². The third-order valence-electron chi connectivity index (χ3n) is 2.90. The van der Waals surface area contributed by atoms with Gasteiger partial charge in [0.2, 0.25) is 0 Å². The van der Waals surface area contributed by atoms with Crippen LogP contribution in [0.25, 0.3) is 0 Å². The molecule has 1 saturated heterocycles. The van der Waals surface area contributed by atoms with Gasteiger partial charge < -0.3 is 25.5 Å². The Morgan fingerprint density at radius 3 is 2.36 bits per heavy atom. The molecule has 22 heavy (non-hydrogen) atoms. The van der Waals surface area contributed by atoms with Gasteiger partial charge in [0.15, 0.2) is 0 Å². The number of phenolic OH excluding ortho intramolecular Hbond substituents is 1. The van der Waals surface area contributed by atoms with Crippen molar-refractivity contribution in [2.45, 2.75) is 6.42 Å². The number of carboxylic acid groups (broad SMARTS) is 2. The van der Waals surface area contributed by atoms with Gasteiger partial charge in [-0.25, -0.2) is 9.59 Å². The molecule has 1 aliphatic rings. The number of hydrogen-bond donors (Lipinski definition) is 4. The summed E-state index contributed by atoms with van der Waals surface area (Å²) in [4.78, 5) is 21.4. The first kappa shape index (κ1) is 17.5. The summed E-state index contributed by atoms with van der Waals surface area (Å²) < 4.78 is 0. The van der Waals surface area contributed by atoms with Crippen LogP contribution in [0.5, 0.6) is 5.75 Å². The van der Waals surface area contributed by atoms with Crippen LogP contribution in [0.15, 0.2) is 36.4 Å². The first-order valence-electron chi connectivity index (χ1n) is 6.87. The van der Waals surface area contributed by atoms with Gasteiger partial charge >= 0.3 is 11.9 Å². The summed E-state index contributed by atoms with van der Waals surface area (Å²) in [5.74, 6) is -2.17. The van der Waals surface area contributed by atoms with E-state index in [1.807, 2.05) is 18.2 Å². The van der Waals surface area contributed by atoms with Crippen LogP contribution in [0.1, 0.15) is 6.42 Å². The third kappa shape index (κ3) is 7.30. The second-order valence-corrected chi connectivity index (χ2v) is 4.62. The van der Waals surface area contributed by atoms with E-state index in [1.165, 1.54) is 0 Å². The van der Waals surface area contributed by atoms with Crippen LogP contribution in [-0.4, -0.2) is 53.4 Å². The van der Waals surface area contributed by atoms with Crippen LogP contribution in [-0.2, 0) is 9.59 Å². The van der Waals surface area contributed by atoms with Gasteiger partial charge in [0.05, 0.1) is 0 Å². The molecule has 120 valence electrons. The molecule has 0 radical (unpaired) electrons. The number of aromatic hydroxyl groups is 1. The predicted octanol–water partition coefficient (Wildman–Crippen LogP) is 0.904. The molecule has 7 nitrogen and oxygen atoms in total. The molecule has 7 heteroatoms. The number of rotatable bonds is 3. The Hall–Kier alpha value is -2.54. The average molecular weight is 308 g/mol. The van der Waals surface area contributed by atoms with Crippen molar-refractivity contribution in [2.75, 3.05) is 31.1 Å². The molecule has 1 fully saturated rings. The second-order valence-electron chi connectivity index (χ2n) is 4.62. The van der Waals surface area contributed by atoms with E-state index in [4.69, 9.17) is 10.2 Å². The van der Waals surface area contributed by atoms with E-state index in [0.717, 1.165) is 38.3 Å². The highest BCUT2D eigenvalue weighted by Crippen LogP contribution is 2.20. The standard InChI is InChI=1S/C11H16N2O.C4H4O4/c14-11-4-1-3-10(9-11)13-7-2-5-12-6-8-13;5-3(6)1-2-4(7)8/h1,3-4,9,12,14H,2,5-8H2;1-2H,(H,5,6)(H,7,8)/b;2-1+. The lowest BCUT2D eigenvalue weighted by atomic mass is 10.2. The highest BCUT2D eigenvalue weighted by molar-refractivity contribution is 5.89. The van der Waals surface area contributed by atoms with E-state index >= 15 is 0 Å². The van der Waals surface area contributed by atoms with E-state index in [9.17, 15) is 14.7 Å². The van der Waals surface area contributed by atoms with Crippen molar-refractivity contribution in [3.8, 4) is 5.75 Å². The summed E-state index contributed by atoms with van der Waals surface area (Å²) in [6.45, 7) is 4.20. The molecule has 1 heterocycles. The number of nitrogens with zero attached hydrogens (tertiary/aromatic N) is 1. The molecule has 0 bridgehead atoms. The second kappa shape index (κ2) is 9.41. The fourth-order valence-electron chi connectivity index (χ4n) is 1.94. The van der Waals surface area contributed by atoms with E-state index in [0.29, 0.717) is 17.9 Å². The predicted molar refractivity (Wildman–Crippen MR) is 82.2 cm³/mol. The fourth-order valence-corrected chi connectivity index (χ4v) is 1.94. The zero-order valence-corrected chi connectivity index (χ0v) is 12.1. The van der Waals surface area contributed by atoms with Gasteiger partial charge in [-0.2, -0.15) is 0 Å². The van der Waals surface area contributed by atoms with Crippen molar-refractivity contribution in [1.29, 1.82) is 0 Å². The Bertz CT molecular complexity index is 506. The number of benzene rings is 1. The fraction of sp³-hybridized carbons (Fsp3) is 0.333. The first-order chi connectivity index (χ1) is 10.5. The van der Waals surface area contributed by atoms with E-state index in [-0.39, 0.29) is 0 Å². The average Bonchev–Trinajstić information content (AvgIpc) is 2.75. The highest BCUT2D eigenvalue weighted by Gasteiger charge is 2.09. The Labute approximate surface area is 128 Å². The minimum Gasteiger partial charge on any atom is -0.508 e. The van der Waals surface area contributed by atoms with Gasteiger partial charge in [-0.3, -0.25) is 0 Å². The maximum absolute atomic E-state index is 9.55. The number of nitrogens with one attached hydrogen (secondary N) is 1. The molecular formula is C15H20N2O5. The summed E-state index contributed by atoms with van der Waals surface area (Å²) >= 11 is 0. The molecule has 0 unspecified atom stereocenters. The van der Waals surface area contributed by atoms with Gasteiger partial charge in [0.25, 0.3) is 0 Å². The zero-order valence-electron chi connectivity index (χ0n) is 12.1. The van der Waals surface area contributed by atoms with Gasteiger partial charge in [0.1, 0.15) is 5.75 Å². The third-order valence-corrected chi connectivity index (χ3v) is 2.90. The molecule has 0 spiro atoms. The van der Waals surface area contributed by atoms with Crippen molar-refractivity contribution in [3.05, 3.63) is 36.4 Å². The van der Waals surface area contributed by atoms with Crippen molar-refractivity contribution >= 4 is 17.6 Å². The Morgan fingerprint density at radius 2 is 1.77 bits per heavy atom. The Morgan fingerprint density at radius 1 is 1.09 bits per heavy atom. The maximum Gasteiger partial charge on any atom is 0.328 e. The molecule has 1 aromatic carbocycles. The van der Waals surface area contributed by atoms with E-state index in [2.05, 4.69) is 10.2 Å². The minimum absolute atomic E-state index is 0.347. The van der Waals surface area contributed by atoms with Crippen molar-refractivity contribution in [3.63, 3.8) is 0 Å². The summed E-state index contributed by atoms with van der Waals surface area (Å²) in [5.41, 5.74) is 1.12. The van der Waals surface area contributed by atoms with Crippen LogP contribution < -0.4 is 10.2 Å². The quantitative estimate of drug-likeness (QED) is 0.614. The highest BCUT2D eigenvalue weighted by atomic mass is 16.4. The maximum atomic E-state index is 9.55. The molecule has 1 aliphatic heterocycles. The number of aliphatic carboxylic acids is 2. The summed E-state index contributed by atoms with van der Waals surface area (Å²) in [6.07, 6.45) is 2.28. The number of carbonyl (C=O) groups is 2. The summed E-state index contributed by atoms with van der Waals surface area (Å²) in [7, 11) is 0. The largest absolute Gasteiger partial charge is 0.508 e. The van der Waals surface area contributed by atoms with Gasteiger partial charge in [-0.1, -0.05) is 6.07 Å². The molecule has 0 amide bonds. The normalized spacial score (nSPS) is 14.8. The Balaban J connectivity index is 0.000000261. The number of hydrogen-bond acceptors (Lipinski definition) is 5. The molecule has 2 rings (SSSR count). The lowest BCUT2D eigenvalue weighted by Gasteiger charge is -2.22. The van der Waals surface area contributed by atoms with Crippen molar-refractivity contribution in [1.82, 2.24) is 5.32 Å². The molecule has 1 aromatic rings. The van der Waals surface area contributed by atoms with Crippen LogP contribution in [0.3, 0.4) is 0 Å². The van der Waals surface area contributed by atoms with Crippen molar-refractivity contribution < 1.29 is 24.9 Å². The van der Waals surface area contributed by atoms with Gasteiger partial charge in [-0.05, 0) is 25.1 Å². The van der Waals surface area contributed by atoms with Crippen LogP contribution in [0.2, 0.25) is 0 Å². The van der Waals surface area contributed by atoms with Crippen molar-refractivity contribution in [2.24, 2.45) is 0 Å². The topological polar surface area (TPSA) is 110 Å². The van der Waals surface area contributed by atoms with Gasteiger partial charge in [0, 0.05) is 43.5 Å². The molecule has 0 atom stereocenters. The summed E-state index contributed by atoms with van der Waals surface area (Å²) in [6, 6.07) is 7.47. The molecule has 0 saturated carbocycles. The van der Waals surface area contributed by atoms with Gasteiger partial charge in [-0.15, -0.1) is 0 Å². The lowest BCUT2D eigenvalue weighted by Crippen LogP contribution is -2.27. The Kier molecular flexibility index (Phi) is 7.49. The van der Waals surface area contributed by atoms with Crippen LogP contribution in [0.4, 0.5) is 5.69 Å². The first-order valence-corrected chi connectivity index (χ1v) is 6.87. The molecular weight excluding hydrogens is 288 g/mol. The molecule has 0 aromatic heterocycles. The minimum atomic E-state index is -1.26. The monoisotopic (exact) mass is 308 g/mol. The molecule has 0 aliphatic carbocycles. The molecule has 4 N–H and O–H groups in total. The number of anilines is 1. The SMILES string of the molecule is O=C(O)/C=C/C(=O)O.Oc1cccc(N2CCCNCC2)c1. The number of phenols is 1. The smallest absolute Gasteiger partial charge is 0.328 e.